The lowest BCUT2D eigenvalue weighted by Gasteiger charge is -2.53. The molecule has 3 aliphatic heterocycles. The number of pyridine rings is 1. The number of primary amides is 1. The number of aromatic nitrogens is 3. The molecule has 212 valence electrons. The van der Waals surface area contributed by atoms with Crippen LogP contribution in [0.5, 0.6) is 0 Å². The van der Waals surface area contributed by atoms with Crippen LogP contribution in [0.2, 0.25) is 0 Å². The number of fused-ring (bicyclic) bond motifs is 3. The summed E-state index contributed by atoms with van der Waals surface area (Å²) >= 11 is 0. The van der Waals surface area contributed by atoms with Gasteiger partial charge in [-0.3, -0.25) is 10.2 Å². The van der Waals surface area contributed by atoms with E-state index in [2.05, 4.69) is 34.3 Å². The summed E-state index contributed by atoms with van der Waals surface area (Å²) in [5, 5.41) is 13.9. The molecule has 4 aromatic rings. The zero-order valence-corrected chi connectivity index (χ0v) is 23.4. The van der Waals surface area contributed by atoms with Crippen LogP contribution >= 0.6 is 0 Å². The number of likely N-dealkylation sites (tertiary alicyclic amines) is 1. The SMILES string of the molecule is CN1CC2(CCN(c3ccc(Nc4nc5c(nc4C(N)=O)c4ccccc4c(=N)n5C4CCOCC4)cc3)CC2)C1. The summed E-state index contributed by atoms with van der Waals surface area (Å²) in [6.45, 7) is 5.82. The number of hydrogen-bond donors (Lipinski definition) is 3. The van der Waals surface area contributed by atoms with Crippen molar-refractivity contribution in [3.8, 4) is 0 Å². The maximum absolute atomic E-state index is 12.6. The number of nitrogens with two attached hydrogens (primary N) is 1. The molecule has 0 bridgehead atoms. The number of benzene rings is 2. The maximum atomic E-state index is 12.6. The average Bonchev–Trinajstić information content (AvgIpc) is 2.98. The molecule has 3 saturated heterocycles. The maximum Gasteiger partial charge on any atom is 0.271 e. The molecule has 0 radical (unpaired) electrons. The molecule has 0 atom stereocenters. The monoisotopic (exact) mass is 552 g/mol. The number of rotatable bonds is 5. The van der Waals surface area contributed by atoms with Crippen LogP contribution < -0.4 is 21.4 Å². The van der Waals surface area contributed by atoms with E-state index in [9.17, 15) is 4.79 Å². The number of anilines is 3. The number of carbonyl (C=O) groups is 1. The predicted octanol–water partition coefficient (Wildman–Crippen LogP) is 3.79. The van der Waals surface area contributed by atoms with Gasteiger partial charge in [0.05, 0.1) is 0 Å². The van der Waals surface area contributed by atoms with Crippen molar-refractivity contribution < 1.29 is 9.53 Å². The number of hydrogen-bond acceptors (Lipinski definition) is 8. The summed E-state index contributed by atoms with van der Waals surface area (Å²) in [5.74, 6) is -0.360. The minimum atomic E-state index is -0.654. The highest BCUT2D eigenvalue weighted by molar-refractivity contribution is 6.05. The van der Waals surface area contributed by atoms with Gasteiger partial charge in [-0.05, 0) is 62.4 Å². The van der Waals surface area contributed by atoms with Gasteiger partial charge in [0.25, 0.3) is 5.91 Å². The summed E-state index contributed by atoms with van der Waals surface area (Å²) in [6, 6.07) is 16.0. The summed E-state index contributed by atoms with van der Waals surface area (Å²) in [6.07, 6.45) is 4.02. The summed E-state index contributed by atoms with van der Waals surface area (Å²) in [7, 11) is 2.20. The van der Waals surface area contributed by atoms with Crippen LogP contribution in [0.15, 0.2) is 48.5 Å². The molecule has 2 aromatic heterocycles. The molecule has 5 heterocycles. The van der Waals surface area contributed by atoms with Crippen LogP contribution in [0, 0.1) is 10.8 Å². The van der Waals surface area contributed by atoms with Crippen LogP contribution in [-0.4, -0.2) is 71.8 Å². The third kappa shape index (κ3) is 4.61. The van der Waals surface area contributed by atoms with Crippen molar-refractivity contribution in [1.29, 1.82) is 5.41 Å². The third-order valence-electron chi connectivity index (χ3n) is 9.10. The highest BCUT2D eigenvalue weighted by atomic mass is 16.5. The molecule has 0 aliphatic carbocycles. The molecule has 4 N–H and O–H groups in total. The lowest BCUT2D eigenvalue weighted by atomic mass is 9.72. The van der Waals surface area contributed by atoms with Gasteiger partial charge in [-0.15, -0.1) is 0 Å². The van der Waals surface area contributed by atoms with Gasteiger partial charge >= 0.3 is 0 Å². The van der Waals surface area contributed by atoms with Gasteiger partial charge in [-0.2, -0.15) is 0 Å². The normalized spacial score (nSPS) is 19.5. The van der Waals surface area contributed by atoms with E-state index in [1.54, 1.807) is 0 Å². The molecule has 0 unspecified atom stereocenters. The van der Waals surface area contributed by atoms with Crippen LogP contribution in [0.3, 0.4) is 0 Å². The van der Waals surface area contributed by atoms with Crippen LogP contribution in [0.1, 0.15) is 42.2 Å². The fourth-order valence-corrected chi connectivity index (χ4v) is 7.01. The zero-order chi connectivity index (χ0) is 28.1. The first-order valence-corrected chi connectivity index (χ1v) is 14.5. The van der Waals surface area contributed by atoms with Crippen LogP contribution in [-0.2, 0) is 4.74 Å². The Kier molecular flexibility index (Phi) is 6.39. The third-order valence-corrected chi connectivity index (χ3v) is 9.10. The summed E-state index contributed by atoms with van der Waals surface area (Å²) in [5.41, 5.74) is 9.93. The fraction of sp³-hybridized carbons (Fsp3) is 0.419. The van der Waals surface area contributed by atoms with Crippen molar-refractivity contribution in [2.24, 2.45) is 11.1 Å². The Bertz CT molecular complexity index is 1680. The van der Waals surface area contributed by atoms with Gasteiger partial charge in [0.2, 0.25) is 0 Å². The van der Waals surface area contributed by atoms with Crippen molar-refractivity contribution in [1.82, 2.24) is 19.4 Å². The second kappa shape index (κ2) is 10.1. The van der Waals surface area contributed by atoms with Gasteiger partial charge < -0.3 is 30.2 Å². The molecular weight excluding hydrogens is 516 g/mol. The van der Waals surface area contributed by atoms with Gasteiger partial charge in [0.15, 0.2) is 17.2 Å². The Hall–Kier alpha value is -4.02. The highest BCUT2D eigenvalue weighted by Crippen LogP contribution is 2.40. The fourth-order valence-electron chi connectivity index (χ4n) is 7.01. The van der Waals surface area contributed by atoms with Crippen LogP contribution in [0.25, 0.3) is 21.9 Å². The van der Waals surface area contributed by atoms with Crippen LogP contribution in [0.4, 0.5) is 17.2 Å². The summed E-state index contributed by atoms with van der Waals surface area (Å²) in [4.78, 5) is 27.2. The van der Waals surface area contributed by atoms with Crippen molar-refractivity contribution in [2.75, 3.05) is 56.7 Å². The molecular formula is C31H36N8O2. The Balaban J connectivity index is 1.24. The first-order chi connectivity index (χ1) is 19.9. The highest BCUT2D eigenvalue weighted by Gasteiger charge is 2.43. The average molecular weight is 553 g/mol. The number of carbonyl (C=O) groups excluding carboxylic acids is 1. The largest absolute Gasteiger partial charge is 0.381 e. The van der Waals surface area contributed by atoms with E-state index in [-0.39, 0.29) is 11.7 Å². The minimum absolute atomic E-state index is 0.0493. The smallest absolute Gasteiger partial charge is 0.271 e. The Labute approximate surface area is 238 Å². The van der Waals surface area contributed by atoms with E-state index in [1.807, 2.05) is 41.0 Å². The second-order valence-corrected chi connectivity index (χ2v) is 11.9. The Morgan fingerprint density at radius 3 is 2.37 bits per heavy atom. The Morgan fingerprint density at radius 1 is 1.02 bits per heavy atom. The molecule has 0 saturated carbocycles. The Morgan fingerprint density at radius 2 is 1.71 bits per heavy atom. The van der Waals surface area contributed by atoms with Gasteiger partial charge in [-0.1, -0.05) is 24.3 Å². The minimum Gasteiger partial charge on any atom is -0.381 e. The number of piperidine rings is 1. The van der Waals surface area contributed by atoms with Crippen molar-refractivity contribution in [3.05, 3.63) is 59.7 Å². The zero-order valence-electron chi connectivity index (χ0n) is 23.4. The van der Waals surface area contributed by atoms with Gasteiger partial charge in [0.1, 0.15) is 11.0 Å². The molecule has 3 fully saturated rings. The van der Waals surface area contributed by atoms with Gasteiger partial charge in [0, 0.05) is 67.6 Å². The van der Waals surface area contributed by atoms with E-state index in [0.29, 0.717) is 41.1 Å². The number of nitrogens with zero attached hydrogens (tertiary/aromatic N) is 5. The molecule has 2 aromatic carbocycles. The van der Waals surface area contributed by atoms with Crippen molar-refractivity contribution in [2.45, 2.75) is 31.7 Å². The molecule has 10 nitrogen and oxygen atoms in total. The van der Waals surface area contributed by atoms with E-state index in [1.165, 1.54) is 31.6 Å². The standard InChI is InChI=1S/C31H36N8O2/c1-37-18-31(19-37)12-14-38(15-13-31)21-8-6-20(7-9-21)34-29-26(28(33)40)35-25-23-4-2-3-5-24(23)27(32)39(30(25)36-29)22-10-16-41-17-11-22/h2-9,22,32H,10-19H2,1H3,(H2,33,40)(H,34,36). The number of nitrogens with one attached hydrogen (secondary N) is 2. The van der Waals surface area contributed by atoms with E-state index < -0.39 is 5.91 Å². The predicted molar refractivity (Wildman–Crippen MR) is 160 cm³/mol. The van der Waals surface area contributed by atoms with Crippen molar-refractivity contribution >= 4 is 45.0 Å². The second-order valence-electron chi connectivity index (χ2n) is 11.9. The summed E-state index contributed by atoms with van der Waals surface area (Å²) < 4.78 is 7.55. The first kappa shape index (κ1) is 25.9. The van der Waals surface area contributed by atoms with E-state index >= 15 is 0 Å². The molecule has 1 spiro atoms. The quantitative estimate of drug-likeness (QED) is 0.322. The first-order valence-electron chi connectivity index (χ1n) is 14.5. The number of ether oxygens (including phenoxy) is 1. The van der Waals surface area contributed by atoms with E-state index in [4.69, 9.17) is 25.8 Å². The molecule has 3 aliphatic rings. The number of amides is 1. The topological polar surface area (TPSA) is 125 Å². The van der Waals surface area contributed by atoms with E-state index in [0.717, 1.165) is 42.4 Å². The molecule has 7 rings (SSSR count). The van der Waals surface area contributed by atoms with Gasteiger partial charge in [-0.25, -0.2) is 9.97 Å². The molecule has 1 amide bonds. The molecule has 41 heavy (non-hydrogen) atoms. The lowest BCUT2D eigenvalue weighted by Crippen LogP contribution is -2.58. The molecule has 10 heteroatoms. The van der Waals surface area contributed by atoms with Crippen molar-refractivity contribution in [3.63, 3.8) is 0 Å². The lowest BCUT2D eigenvalue weighted by molar-refractivity contribution is 0.00132.